The Morgan fingerprint density at radius 1 is 1.19 bits per heavy atom. The zero-order valence-corrected chi connectivity index (χ0v) is 13.9. The second kappa shape index (κ2) is 6.05. The Morgan fingerprint density at radius 2 is 1.90 bits per heavy atom. The molecule has 0 aliphatic carbocycles. The fourth-order valence-electron chi connectivity index (χ4n) is 1.99. The highest BCUT2D eigenvalue weighted by Crippen LogP contribution is 2.27. The molecule has 5 nitrogen and oxygen atoms in total. The molecule has 7 heteroatoms. The van der Waals surface area contributed by atoms with E-state index in [9.17, 15) is 8.42 Å². The van der Waals surface area contributed by atoms with E-state index >= 15 is 0 Å². The van der Waals surface area contributed by atoms with Crippen molar-refractivity contribution >= 4 is 32.7 Å². The molecule has 2 N–H and O–H groups in total. The first-order valence-corrected chi connectivity index (χ1v) is 8.75. The van der Waals surface area contributed by atoms with Gasteiger partial charge in [0.2, 0.25) is 10.0 Å². The predicted octanol–water partition coefficient (Wildman–Crippen LogP) is 2.22. The van der Waals surface area contributed by atoms with E-state index in [1.807, 2.05) is 17.3 Å². The summed E-state index contributed by atoms with van der Waals surface area (Å²) in [5.74, 6) is 0. The lowest BCUT2D eigenvalue weighted by atomic mass is 10.2. The van der Waals surface area contributed by atoms with Crippen molar-refractivity contribution in [1.82, 2.24) is 4.31 Å². The standard InChI is InChI=1S/C14H19N3O2S2/c1-16(2)21(18,19)12-4-5-14(13(15)8-12)17(3)9-11-6-7-20-10-11/h4-8,10H,9,15H2,1-3H3. The first kappa shape index (κ1) is 15.8. The second-order valence-corrected chi connectivity index (χ2v) is 7.93. The van der Waals surface area contributed by atoms with E-state index in [4.69, 9.17) is 5.73 Å². The highest BCUT2D eigenvalue weighted by Gasteiger charge is 2.18. The maximum Gasteiger partial charge on any atom is 0.242 e. The molecule has 1 aromatic carbocycles. The minimum absolute atomic E-state index is 0.206. The first-order chi connectivity index (χ1) is 9.82. The first-order valence-electron chi connectivity index (χ1n) is 6.36. The number of sulfonamides is 1. The van der Waals surface area contributed by atoms with Crippen LogP contribution in [0.1, 0.15) is 5.56 Å². The molecule has 0 aliphatic rings. The van der Waals surface area contributed by atoms with Crippen LogP contribution in [0.4, 0.5) is 11.4 Å². The lowest BCUT2D eigenvalue weighted by Crippen LogP contribution is -2.23. The van der Waals surface area contributed by atoms with Gasteiger partial charge in [-0.2, -0.15) is 11.3 Å². The summed E-state index contributed by atoms with van der Waals surface area (Å²) in [5, 5.41) is 4.11. The Kier molecular flexibility index (Phi) is 4.55. The number of hydrogen-bond donors (Lipinski definition) is 1. The van der Waals surface area contributed by atoms with E-state index in [2.05, 4.69) is 11.4 Å². The summed E-state index contributed by atoms with van der Waals surface area (Å²) >= 11 is 1.65. The number of nitrogen functional groups attached to an aromatic ring is 1. The van der Waals surface area contributed by atoms with Gasteiger partial charge in [0.1, 0.15) is 0 Å². The molecule has 0 bridgehead atoms. The molecule has 0 saturated carbocycles. The molecule has 0 unspecified atom stereocenters. The normalized spacial score (nSPS) is 11.8. The smallest absolute Gasteiger partial charge is 0.242 e. The van der Waals surface area contributed by atoms with Crippen LogP contribution < -0.4 is 10.6 Å². The minimum atomic E-state index is -3.46. The molecule has 0 radical (unpaired) electrons. The van der Waals surface area contributed by atoms with Crippen molar-refractivity contribution in [3.8, 4) is 0 Å². The maximum absolute atomic E-state index is 12.1. The van der Waals surface area contributed by atoms with E-state index in [1.54, 1.807) is 23.5 Å². The Hall–Kier alpha value is -1.57. The van der Waals surface area contributed by atoms with Crippen LogP contribution in [0.15, 0.2) is 39.9 Å². The number of nitrogens with zero attached hydrogens (tertiary/aromatic N) is 2. The molecule has 0 aliphatic heterocycles. The average Bonchev–Trinajstić information content (AvgIpc) is 2.90. The van der Waals surface area contributed by atoms with Crippen molar-refractivity contribution in [2.75, 3.05) is 31.8 Å². The summed E-state index contributed by atoms with van der Waals surface area (Å²) in [5.41, 5.74) is 8.50. The molecular weight excluding hydrogens is 306 g/mol. The minimum Gasteiger partial charge on any atom is -0.397 e. The molecule has 1 aromatic heterocycles. The molecule has 114 valence electrons. The molecule has 2 aromatic rings. The van der Waals surface area contributed by atoms with E-state index < -0.39 is 10.0 Å². The van der Waals surface area contributed by atoms with Crippen LogP contribution in [0.3, 0.4) is 0 Å². The second-order valence-electron chi connectivity index (χ2n) is 5.00. The van der Waals surface area contributed by atoms with Crippen molar-refractivity contribution < 1.29 is 8.42 Å². The van der Waals surface area contributed by atoms with Crippen LogP contribution in [0, 0.1) is 0 Å². The van der Waals surface area contributed by atoms with Crippen molar-refractivity contribution in [3.05, 3.63) is 40.6 Å². The number of benzene rings is 1. The predicted molar refractivity (Wildman–Crippen MR) is 88.2 cm³/mol. The number of thiophene rings is 1. The third-order valence-corrected chi connectivity index (χ3v) is 5.73. The van der Waals surface area contributed by atoms with Gasteiger partial charge < -0.3 is 10.6 Å². The fraction of sp³-hybridized carbons (Fsp3) is 0.286. The zero-order chi connectivity index (χ0) is 15.6. The van der Waals surface area contributed by atoms with E-state index in [0.717, 1.165) is 12.2 Å². The highest BCUT2D eigenvalue weighted by atomic mass is 32.2. The van der Waals surface area contributed by atoms with Crippen molar-refractivity contribution in [2.45, 2.75) is 11.4 Å². The average molecular weight is 325 g/mol. The van der Waals surface area contributed by atoms with Crippen LogP contribution in [0.2, 0.25) is 0 Å². The third-order valence-electron chi connectivity index (χ3n) is 3.19. The number of hydrogen-bond acceptors (Lipinski definition) is 5. The quantitative estimate of drug-likeness (QED) is 0.856. The van der Waals surface area contributed by atoms with Crippen molar-refractivity contribution in [2.24, 2.45) is 0 Å². The fourth-order valence-corrected chi connectivity index (χ4v) is 3.59. The maximum atomic E-state index is 12.1. The number of rotatable bonds is 5. The van der Waals surface area contributed by atoms with Gasteiger partial charge in [0.15, 0.2) is 0 Å². The van der Waals surface area contributed by atoms with Crippen LogP contribution in [0.5, 0.6) is 0 Å². The van der Waals surface area contributed by atoms with Crippen molar-refractivity contribution in [3.63, 3.8) is 0 Å². The monoisotopic (exact) mass is 325 g/mol. The molecule has 0 fully saturated rings. The Balaban J connectivity index is 2.27. The summed E-state index contributed by atoms with van der Waals surface area (Å²) in [6, 6.07) is 6.90. The number of nitrogens with two attached hydrogens (primary N) is 1. The van der Waals surface area contributed by atoms with Crippen molar-refractivity contribution in [1.29, 1.82) is 0 Å². The van der Waals surface area contributed by atoms with E-state index in [-0.39, 0.29) is 4.90 Å². The van der Waals surface area contributed by atoms with E-state index in [0.29, 0.717) is 5.69 Å². The van der Waals surface area contributed by atoms with Crippen LogP contribution in [0.25, 0.3) is 0 Å². The molecule has 1 heterocycles. The molecule has 21 heavy (non-hydrogen) atoms. The lowest BCUT2D eigenvalue weighted by molar-refractivity contribution is 0.521. The molecule has 0 spiro atoms. The third kappa shape index (κ3) is 3.37. The van der Waals surface area contributed by atoms with Gasteiger partial charge in [-0.3, -0.25) is 0 Å². The van der Waals surface area contributed by atoms with Crippen LogP contribution in [-0.2, 0) is 16.6 Å². The summed E-state index contributed by atoms with van der Waals surface area (Å²) in [4.78, 5) is 2.21. The van der Waals surface area contributed by atoms with Gasteiger partial charge in [-0.15, -0.1) is 0 Å². The Morgan fingerprint density at radius 3 is 2.43 bits per heavy atom. The summed E-state index contributed by atoms with van der Waals surface area (Å²) in [6.45, 7) is 0.730. The summed E-state index contributed by atoms with van der Waals surface area (Å²) in [6.07, 6.45) is 0. The Labute approximate surface area is 129 Å². The molecule has 2 rings (SSSR count). The van der Waals surface area contributed by atoms with Gasteiger partial charge in [0, 0.05) is 27.7 Å². The van der Waals surface area contributed by atoms with Crippen LogP contribution in [-0.4, -0.2) is 33.9 Å². The van der Waals surface area contributed by atoms with Crippen LogP contribution >= 0.6 is 11.3 Å². The van der Waals surface area contributed by atoms with Gasteiger partial charge in [-0.25, -0.2) is 12.7 Å². The largest absolute Gasteiger partial charge is 0.397 e. The van der Waals surface area contributed by atoms with Gasteiger partial charge >= 0.3 is 0 Å². The summed E-state index contributed by atoms with van der Waals surface area (Å²) in [7, 11) is 1.48. The molecule has 0 amide bonds. The lowest BCUT2D eigenvalue weighted by Gasteiger charge is -2.21. The van der Waals surface area contributed by atoms with E-state index in [1.165, 1.54) is 30.0 Å². The number of anilines is 2. The Bertz CT molecular complexity index is 710. The zero-order valence-electron chi connectivity index (χ0n) is 12.3. The van der Waals surface area contributed by atoms with Gasteiger partial charge in [0.05, 0.1) is 16.3 Å². The van der Waals surface area contributed by atoms with Gasteiger partial charge in [0.25, 0.3) is 0 Å². The summed E-state index contributed by atoms with van der Waals surface area (Å²) < 4.78 is 25.3. The topological polar surface area (TPSA) is 66.6 Å². The molecule has 0 atom stereocenters. The SMILES string of the molecule is CN(Cc1ccsc1)c1ccc(S(=O)(=O)N(C)C)cc1N. The van der Waals surface area contributed by atoms with Gasteiger partial charge in [-0.05, 0) is 40.6 Å². The molecule has 0 saturated heterocycles. The highest BCUT2D eigenvalue weighted by molar-refractivity contribution is 7.89. The van der Waals surface area contributed by atoms with Gasteiger partial charge in [-0.1, -0.05) is 0 Å². The molecular formula is C14H19N3O2S2.